The molecular weight excluding hydrogens is 358 g/mol. The Morgan fingerprint density at radius 2 is 1.96 bits per heavy atom. The number of rotatable bonds is 4. The van der Waals surface area contributed by atoms with E-state index in [0.29, 0.717) is 12.5 Å². The summed E-state index contributed by atoms with van der Waals surface area (Å²) in [6.07, 6.45) is 4.45. The largest absolute Gasteiger partial charge is 0.322 e. The van der Waals surface area contributed by atoms with Gasteiger partial charge in [0.05, 0.1) is 22.5 Å². The molecule has 6 nitrogen and oxygen atoms in total. The molecule has 144 valence electrons. The Morgan fingerprint density at radius 1 is 1.22 bits per heavy atom. The van der Waals surface area contributed by atoms with Crippen LogP contribution in [-0.4, -0.2) is 19.3 Å². The van der Waals surface area contributed by atoms with Gasteiger partial charge in [-0.05, 0) is 65.9 Å². The monoisotopic (exact) mass is 385 g/mol. The number of fused-ring (bicyclic) bond motifs is 3. The summed E-state index contributed by atoms with van der Waals surface area (Å²) >= 11 is 1.69. The predicted molar refractivity (Wildman–Crippen MR) is 112 cm³/mol. The number of thiophene rings is 1. The average Bonchev–Trinajstić information content (AvgIpc) is 3.14. The Bertz CT molecular complexity index is 1070. The molecule has 0 atom stereocenters. The maximum absolute atomic E-state index is 13.3. The predicted octanol–water partition coefficient (Wildman–Crippen LogP) is 4.49. The molecule has 0 saturated carbocycles. The molecule has 0 amide bonds. The van der Waals surface area contributed by atoms with Crippen molar-refractivity contribution >= 4 is 33.2 Å². The number of hydrogen-bond acceptors (Lipinski definition) is 5. The lowest BCUT2D eigenvalue weighted by molar-refractivity contribution is 0.516. The van der Waals surface area contributed by atoms with Crippen molar-refractivity contribution < 1.29 is 0 Å². The lowest BCUT2D eigenvalue weighted by Crippen LogP contribution is -2.24. The standard InChI is InChI=1S/C20H27N5OS/c1-6-24-19(26)16-14-9-7-8-10-15(14)27-18(16)22-20(24)21-17-12(4)23-25(11(2)3)13(17)5/h11H,6-10H2,1-5H3,(H,21,22). The highest BCUT2D eigenvalue weighted by molar-refractivity contribution is 7.18. The van der Waals surface area contributed by atoms with E-state index in [9.17, 15) is 4.79 Å². The van der Waals surface area contributed by atoms with Gasteiger partial charge in [-0.1, -0.05) is 0 Å². The number of hydrogen-bond donors (Lipinski definition) is 1. The van der Waals surface area contributed by atoms with Gasteiger partial charge in [0.25, 0.3) is 5.56 Å². The molecule has 0 aromatic carbocycles. The summed E-state index contributed by atoms with van der Waals surface area (Å²) in [6.45, 7) is 10.9. The van der Waals surface area contributed by atoms with Crippen molar-refractivity contribution in [2.75, 3.05) is 5.32 Å². The second-order valence-corrected chi connectivity index (χ2v) is 8.67. The van der Waals surface area contributed by atoms with Gasteiger partial charge in [-0.15, -0.1) is 11.3 Å². The third-order valence-corrected chi connectivity index (χ3v) is 6.63. The zero-order valence-electron chi connectivity index (χ0n) is 16.7. The van der Waals surface area contributed by atoms with Crippen LogP contribution in [0.25, 0.3) is 10.2 Å². The number of nitrogens with one attached hydrogen (secondary N) is 1. The molecule has 3 heterocycles. The van der Waals surface area contributed by atoms with Crippen molar-refractivity contribution in [2.45, 2.75) is 72.9 Å². The minimum Gasteiger partial charge on any atom is -0.322 e. The molecule has 3 aromatic rings. The van der Waals surface area contributed by atoms with E-state index in [1.165, 1.54) is 16.9 Å². The van der Waals surface area contributed by atoms with Crippen molar-refractivity contribution in [2.24, 2.45) is 0 Å². The summed E-state index contributed by atoms with van der Waals surface area (Å²) in [6, 6.07) is 0.284. The number of aromatic nitrogens is 4. The number of anilines is 2. The molecule has 27 heavy (non-hydrogen) atoms. The molecule has 1 aliphatic rings. The van der Waals surface area contributed by atoms with E-state index in [-0.39, 0.29) is 11.6 Å². The Hall–Kier alpha value is -2.15. The zero-order valence-corrected chi connectivity index (χ0v) is 17.5. The molecule has 3 aromatic heterocycles. The van der Waals surface area contributed by atoms with Crippen molar-refractivity contribution in [3.63, 3.8) is 0 Å². The van der Waals surface area contributed by atoms with E-state index in [4.69, 9.17) is 4.98 Å². The van der Waals surface area contributed by atoms with Crippen molar-refractivity contribution in [1.82, 2.24) is 19.3 Å². The Balaban J connectivity index is 1.87. The molecule has 0 saturated heterocycles. The minimum absolute atomic E-state index is 0.0796. The minimum atomic E-state index is 0.0796. The molecule has 0 spiro atoms. The van der Waals surface area contributed by atoms with Crippen LogP contribution in [0.15, 0.2) is 4.79 Å². The quantitative estimate of drug-likeness (QED) is 0.718. The van der Waals surface area contributed by atoms with Crippen LogP contribution in [-0.2, 0) is 19.4 Å². The van der Waals surface area contributed by atoms with Crippen LogP contribution < -0.4 is 10.9 Å². The van der Waals surface area contributed by atoms with Crippen LogP contribution in [0.1, 0.15) is 61.5 Å². The molecule has 0 fully saturated rings. The van der Waals surface area contributed by atoms with Gasteiger partial charge in [0, 0.05) is 17.5 Å². The van der Waals surface area contributed by atoms with Gasteiger partial charge in [-0.25, -0.2) is 4.98 Å². The van der Waals surface area contributed by atoms with E-state index >= 15 is 0 Å². The summed E-state index contributed by atoms with van der Waals surface area (Å²) in [5.41, 5.74) is 4.25. The fourth-order valence-electron chi connectivity index (χ4n) is 4.09. The molecule has 4 rings (SSSR count). The first kappa shape index (κ1) is 18.2. The van der Waals surface area contributed by atoms with Crippen LogP contribution in [0.2, 0.25) is 0 Å². The maximum Gasteiger partial charge on any atom is 0.263 e. The van der Waals surface area contributed by atoms with Gasteiger partial charge in [0.15, 0.2) is 0 Å². The topological polar surface area (TPSA) is 64.7 Å². The smallest absolute Gasteiger partial charge is 0.263 e. The third kappa shape index (κ3) is 2.88. The van der Waals surface area contributed by atoms with Crippen molar-refractivity contribution in [1.29, 1.82) is 0 Å². The summed E-state index contributed by atoms with van der Waals surface area (Å²) < 4.78 is 3.77. The first-order chi connectivity index (χ1) is 12.9. The SMILES string of the molecule is CCn1c(Nc2c(C)nn(C(C)C)c2C)nc2sc3c(c2c1=O)CCCC3. The van der Waals surface area contributed by atoms with E-state index in [2.05, 4.69) is 31.2 Å². The molecule has 0 unspecified atom stereocenters. The molecule has 7 heteroatoms. The highest BCUT2D eigenvalue weighted by atomic mass is 32.1. The van der Waals surface area contributed by atoms with E-state index in [0.717, 1.165) is 46.6 Å². The molecule has 0 bridgehead atoms. The summed E-state index contributed by atoms with van der Waals surface area (Å²) in [7, 11) is 0. The van der Waals surface area contributed by atoms with E-state index < -0.39 is 0 Å². The van der Waals surface area contributed by atoms with Crippen LogP contribution >= 0.6 is 11.3 Å². The van der Waals surface area contributed by atoms with Gasteiger partial charge in [0.1, 0.15) is 4.83 Å². The first-order valence-electron chi connectivity index (χ1n) is 9.80. The van der Waals surface area contributed by atoms with Gasteiger partial charge < -0.3 is 5.32 Å². The average molecular weight is 386 g/mol. The van der Waals surface area contributed by atoms with Gasteiger partial charge in [-0.2, -0.15) is 5.10 Å². The summed E-state index contributed by atoms with van der Waals surface area (Å²) in [5, 5.41) is 8.91. The number of nitrogens with zero attached hydrogens (tertiary/aromatic N) is 4. The Labute approximate surface area is 163 Å². The third-order valence-electron chi connectivity index (χ3n) is 5.44. The Morgan fingerprint density at radius 3 is 2.63 bits per heavy atom. The van der Waals surface area contributed by atoms with Crippen LogP contribution in [0.3, 0.4) is 0 Å². The van der Waals surface area contributed by atoms with Crippen LogP contribution in [0.4, 0.5) is 11.6 Å². The summed E-state index contributed by atoms with van der Waals surface area (Å²) in [5.74, 6) is 0.614. The van der Waals surface area contributed by atoms with Crippen molar-refractivity contribution in [3.05, 3.63) is 32.2 Å². The fraction of sp³-hybridized carbons (Fsp3) is 0.550. The lowest BCUT2D eigenvalue weighted by Gasteiger charge is -2.14. The zero-order chi connectivity index (χ0) is 19.3. The molecule has 0 aliphatic heterocycles. The Kier molecular flexibility index (Phi) is 4.58. The summed E-state index contributed by atoms with van der Waals surface area (Å²) in [4.78, 5) is 20.3. The molecule has 1 N–H and O–H groups in total. The highest BCUT2D eigenvalue weighted by Gasteiger charge is 2.23. The highest BCUT2D eigenvalue weighted by Crippen LogP contribution is 2.35. The first-order valence-corrected chi connectivity index (χ1v) is 10.6. The molecular formula is C20H27N5OS. The van der Waals surface area contributed by atoms with Crippen LogP contribution in [0, 0.1) is 13.8 Å². The maximum atomic E-state index is 13.3. The second-order valence-electron chi connectivity index (χ2n) is 7.59. The lowest BCUT2D eigenvalue weighted by atomic mass is 9.97. The number of aryl methyl sites for hydroxylation is 3. The van der Waals surface area contributed by atoms with E-state index in [1.807, 2.05) is 18.5 Å². The van der Waals surface area contributed by atoms with Gasteiger partial charge in [-0.3, -0.25) is 14.0 Å². The van der Waals surface area contributed by atoms with Gasteiger partial charge in [0.2, 0.25) is 5.95 Å². The van der Waals surface area contributed by atoms with Crippen molar-refractivity contribution in [3.8, 4) is 0 Å². The fourth-order valence-corrected chi connectivity index (χ4v) is 5.34. The normalized spacial score (nSPS) is 14.1. The second kappa shape index (κ2) is 6.78. The molecule has 0 radical (unpaired) electrons. The van der Waals surface area contributed by atoms with Gasteiger partial charge >= 0.3 is 0 Å². The van der Waals surface area contributed by atoms with E-state index in [1.54, 1.807) is 15.9 Å². The molecule has 1 aliphatic carbocycles. The van der Waals surface area contributed by atoms with Crippen LogP contribution in [0.5, 0.6) is 0 Å².